The van der Waals surface area contributed by atoms with Gasteiger partial charge >= 0.3 is 0 Å². The van der Waals surface area contributed by atoms with Gasteiger partial charge in [-0.3, -0.25) is 0 Å². The lowest BCUT2D eigenvalue weighted by molar-refractivity contribution is -0.509. The molecule has 2 heterocycles. The Morgan fingerprint density at radius 2 is 1.30 bits per heavy atom. The first-order valence-corrected chi connectivity index (χ1v) is 8.92. The van der Waals surface area contributed by atoms with Crippen LogP contribution in [0.4, 0.5) is 0 Å². The Hall–Kier alpha value is -3.13. The second kappa shape index (κ2) is 8.31. The first-order valence-electron chi connectivity index (χ1n) is 8.92. The van der Waals surface area contributed by atoms with E-state index in [0.29, 0.717) is 34.1 Å². The van der Waals surface area contributed by atoms with Crippen LogP contribution in [-0.4, -0.2) is 40.7 Å². The summed E-state index contributed by atoms with van der Waals surface area (Å²) in [7, 11) is 7.88. The number of methoxy groups -OCH3 is 5. The number of hydrogen-bond acceptors (Lipinski definition) is 6. The van der Waals surface area contributed by atoms with E-state index in [9.17, 15) is 5.11 Å². The zero-order chi connectivity index (χ0) is 20.7. The van der Waals surface area contributed by atoms with Crippen molar-refractivity contribution in [1.82, 2.24) is 0 Å². The number of aromatic nitrogens is 1. The van der Waals surface area contributed by atoms with E-state index < -0.39 is 0 Å². The Morgan fingerprint density at radius 3 is 1.90 bits per heavy atom. The molecule has 4 rings (SSSR count). The molecule has 0 radical (unpaired) electrons. The summed E-state index contributed by atoms with van der Waals surface area (Å²) in [5.41, 5.74) is 0.875. The molecule has 2 aromatic heterocycles. The van der Waals surface area contributed by atoms with E-state index in [-0.39, 0.29) is 22.7 Å². The minimum atomic E-state index is 0. The van der Waals surface area contributed by atoms with E-state index in [2.05, 4.69) is 0 Å². The molecular weight excluding hydrogens is 454 g/mol. The van der Waals surface area contributed by atoms with E-state index in [4.69, 9.17) is 23.7 Å². The fraction of sp³-hybridized carbons (Fsp3) is 0.227. The molecule has 0 unspecified atom stereocenters. The predicted molar refractivity (Wildman–Crippen MR) is 109 cm³/mol. The molecule has 0 aliphatic carbocycles. The van der Waals surface area contributed by atoms with Gasteiger partial charge in [0, 0.05) is 29.0 Å². The number of phenols is 1. The lowest BCUT2D eigenvalue weighted by Crippen LogP contribution is -3.00. The SMILES string of the molecule is COc1cc2c(cc[n+]3cc4c(O)cc(OC)c(OC)c4cc23)c(OC)c1OC.[Br-]. The highest BCUT2D eigenvalue weighted by Gasteiger charge is 2.23. The maximum absolute atomic E-state index is 10.5. The summed E-state index contributed by atoms with van der Waals surface area (Å²) < 4.78 is 29.5. The van der Waals surface area contributed by atoms with Gasteiger partial charge in [0.2, 0.25) is 11.3 Å². The molecule has 7 nitrogen and oxygen atoms in total. The van der Waals surface area contributed by atoms with Crippen molar-refractivity contribution >= 4 is 27.1 Å². The number of aromatic hydroxyl groups is 1. The van der Waals surface area contributed by atoms with Crippen LogP contribution in [0, 0.1) is 0 Å². The van der Waals surface area contributed by atoms with Gasteiger partial charge in [-0.1, -0.05) is 0 Å². The average Bonchev–Trinajstić information content (AvgIpc) is 2.76. The lowest BCUT2D eigenvalue weighted by Gasteiger charge is -2.15. The summed E-state index contributed by atoms with van der Waals surface area (Å²) in [6.07, 6.45) is 3.76. The number of phenolic OH excluding ortho intramolecular Hbond substituents is 1. The minimum absolute atomic E-state index is 0. The Labute approximate surface area is 184 Å². The van der Waals surface area contributed by atoms with Crippen molar-refractivity contribution in [3.8, 4) is 34.5 Å². The highest BCUT2D eigenvalue weighted by Crippen LogP contribution is 2.45. The Morgan fingerprint density at radius 1 is 0.667 bits per heavy atom. The van der Waals surface area contributed by atoms with Crippen LogP contribution in [0.15, 0.2) is 36.7 Å². The summed E-state index contributed by atoms with van der Waals surface area (Å²) in [5.74, 6) is 2.79. The molecule has 0 saturated carbocycles. The monoisotopic (exact) mass is 475 g/mol. The maximum atomic E-state index is 10.5. The van der Waals surface area contributed by atoms with Crippen molar-refractivity contribution in [2.45, 2.75) is 0 Å². The van der Waals surface area contributed by atoms with Gasteiger partial charge in [0.1, 0.15) is 5.75 Å². The molecule has 0 aliphatic heterocycles. The quantitative estimate of drug-likeness (QED) is 0.257. The summed E-state index contributed by atoms with van der Waals surface area (Å²) in [4.78, 5) is 0. The highest BCUT2D eigenvalue weighted by atomic mass is 79.9. The Bertz CT molecular complexity index is 1260. The maximum Gasteiger partial charge on any atom is 0.219 e. The van der Waals surface area contributed by atoms with Gasteiger partial charge in [-0.2, -0.15) is 4.40 Å². The number of rotatable bonds is 5. The third-order valence-electron chi connectivity index (χ3n) is 5.10. The van der Waals surface area contributed by atoms with Crippen molar-refractivity contribution < 1.29 is 50.2 Å². The minimum Gasteiger partial charge on any atom is -1.00 e. The average molecular weight is 476 g/mol. The number of hydrogen-bond donors (Lipinski definition) is 1. The van der Waals surface area contributed by atoms with Gasteiger partial charge in [0.15, 0.2) is 35.4 Å². The summed E-state index contributed by atoms with van der Waals surface area (Å²) in [6.45, 7) is 0. The third kappa shape index (κ3) is 3.08. The molecule has 0 bridgehead atoms. The van der Waals surface area contributed by atoms with Crippen LogP contribution in [0.25, 0.3) is 27.1 Å². The zero-order valence-electron chi connectivity index (χ0n) is 17.3. The fourth-order valence-electron chi connectivity index (χ4n) is 3.77. The second-order valence-electron chi connectivity index (χ2n) is 6.45. The molecule has 0 amide bonds. The van der Waals surface area contributed by atoms with Crippen LogP contribution in [0.3, 0.4) is 0 Å². The van der Waals surface area contributed by atoms with Crippen LogP contribution < -0.4 is 45.1 Å². The molecule has 0 fully saturated rings. The van der Waals surface area contributed by atoms with Crippen molar-refractivity contribution in [2.24, 2.45) is 0 Å². The molecular formula is C22H22BrNO6. The normalized spacial score (nSPS) is 10.7. The Kier molecular flexibility index (Phi) is 5.98. The van der Waals surface area contributed by atoms with Crippen LogP contribution in [0.5, 0.6) is 34.5 Å². The van der Waals surface area contributed by atoms with Gasteiger partial charge in [-0.05, 0) is 6.07 Å². The summed E-state index contributed by atoms with van der Waals surface area (Å²) >= 11 is 0. The number of halogens is 1. The van der Waals surface area contributed by atoms with Crippen molar-refractivity contribution in [3.63, 3.8) is 0 Å². The van der Waals surface area contributed by atoms with E-state index >= 15 is 0 Å². The number of benzene rings is 2. The second-order valence-corrected chi connectivity index (χ2v) is 6.45. The van der Waals surface area contributed by atoms with E-state index in [0.717, 1.165) is 21.7 Å². The smallest absolute Gasteiger partial charge is 0.219 e. The topological polar surface area (TPSA) is 70.5 Å². The van der Waals surface area contributed by atoms with Crippen molar-refractivity contribution in [1.29, 1.82) is 0 Å². The summed E-state index contributed by atoms with van der Waals surface area (Å²) in [6, 6.07) is 7.34. The number of ether oxygens (including phenoxy) is 5. The number of fused-ring (bicyclic) bond motifs is 4. The van der Waals surface area contributed by atoms with Crippen molar-refractivity contribution in [3.05, 3.63) is 36.7 Å². The van der Waals surface area contributed by atoms with Gasteiger partial charge in [0.05, 0.1) is 46.3 Å². The van der Waals surface area contributed by atoms with E-state index in [1.807, 2.05) is 35.0 Å². The predicted octanol–water partition coefficient (Wildman–Crippen LogP) is 0.484. The zero-order valence-corrected chi connectivity index (χ0v) is 18.9. The third-order valence-corrected chi connectivity index (χ3v) is 5.10. The molecule has 0 spiro atoms. The molecule has 30 heavy (non-hydrogen) atoms. The van der Waals surface area contributed by atoms with Crippen LogP contribution in [0.1, 0.15) is 0 Å². The van der Waals surface area contributed by atoms with Gasteiger partial charge in [0.25, 0.3) is 0 Å². The first kappa shape index (κ1) is 21.6. The number of nitrogens with zero attached hydrogens (tertiary/aromatic N) is 1. The summed E-state index contributed by atoms with van der Waals surface area (Å²) in [5, 5.41) is 13.6. The molecule has 4 aromatic rings. The Balaban J connectivity index is 0.00000256. The largest absolute Gasteiger partial charge is 1.00 e. The molecule has 0 aliphatic rings. The van der Waals surface area contributed by atoms with Crippen LogP contribution in [-0.2, 0) is 0 Å². The highest BCUT2D eigenvalue weighted by molar-refractivity contribution is 6.04. The molecule has 1 N–H and O–H groups in total. The molecule has 0 saturated heterocycles. The fourth-order valence-corrected chi connectivity index (χ4v) is 3.77. The van der Waals surface area contributed by atoms with Crippen LogP contribution >= 0.6 is 0 Å². The van der Waals surface area contributed by atoms with E-state index in [1.54, 1.807) is 34.5 Å². The molecule has 0 atom stereocenters. The van der Waals surface area contributed by atoms with Gasteiger partial charge < -0.3 is 45.8 Å². The van der Waals surface area contributed by atoms with Gasteiger partial charge in [-0.15, -0.1) is 0 Å². The molecule has 158 valence electrons. The number of pyridine rings is 2. The van der Waals surface area contributed by atoms with Crippen LogP contribution in [0.2, 0.25) is 0 Å². The molecule has 8 heteroatoms. The van der Waals surface area contributed by atoms with Gasteiger partial charge in [-0.25, -0.2) is 0 Å². The van der Waals surface area contributed by atoms with Crippen molar-refractivity contribution in [2.75, 3.05) is 35.5 Å². The molecule has 2 aromatic carbocycles. The van der Waals surface area contributed by atoms with E-state index in [1.165, 1.54) is 7.11 Å². The standard InChI is InChI=1S/C22H21NO6.BrH/c1-25-18-9-13-12(21(28-4)22(18)29-5)6-7-23-11-15-14(8-16(13)23)20(27-3)19(26-2)10-17(15)24;/h6-11H,1-5H3;1H. The lowest BCUT2D eigenvalue weighted by atomic mass is 10.0. The first-order chi connectivity index (χ1) is 14.1.